The number of rotatable bonds is 9. The highest BCUT2D eigenvalue weighted by molar-refractivity contribution is 4.79. The third-order valence-electron chi connectivity index (χ3n) is 2.77. The molecule has 0 saturated heterocycles. The Bertz CT molecular complexity index is 213. The molecule has 0 radical (unpaired) electrons. The minimum atomic E-state index is -4.30. The Kier molecular flexibility index (Phi) is 7.82. The molecular formula is C12H23F3O3. The summed E-state index contributed by atoms with van der Waals surface area (Å²) in [6.07, 6.45) is -2.82. The zero-order valence-corrected chi connectivity index (χ0v) is 11.0. The Labute approximate surface area is 106 Å². The van der Waals surface area contributed by atoms with E-state index >= 15 is 0 Å². The first-order chi connectivity index (χ1) is 8.24. The number of alkyl halides is 3. The summed E-state index contributed by atoms with van der Waals surface area (Å²) < 4.78 is 39.9. The normalized spacial score (nSPS) is 13.3. The lowest BCUT2D eigenvalue weighted by molar-refractivity contribution is -0.174. The van der Waals surface area contributed by atoms with Crippen molar-refractivity contribution in [1.29, 1.82) is 0 Å². The zero-order valence-electron chi connectivity index (χ0n) is 11.0. The minimum Gasteiger partial charge on any atom is -0.396 e. The maximum Gasteiger partial charge on any atom is 0.411 e. The van der Waals surface area contributed by atoms with Gasteiger partial charge in [0.25, 0.3) is 0 Å². The van der Waals surface area contributed by atoms with Crippen molar-refractivity contribution < 1.29 is 28.1 Å². The summed E-state index contributed by atoms with van der Waals surface area (Å²) in [7, 11) is 0. The zero-order chi connectivity index (χ0) is 14.2. The molecule has 18 heavy (non-hydrogen) atoms. The van der Waals surface area contributed by atoms with Crippen molar-refractivity contribution in [2.24, 2.45) is 11.3 Å². The van der Waals surface area contributed by atoms with Gasteiger partial charge in [-0.05, 0) is 25.2 Å². The predicted octanol–water partition coefficient (Wildman–Crippen LogP) is 2.36. The van der Waals surface area contributed by atoms with E-state index in [1.54, 1.807) is 0 Å². The molecule has 6 heteroatoms. The Morgan fingerprint density at radius 1 is 1.11 bits per heavy atom. The van der Waals surface area contributed by atoms with Crippen LogP contribution in [0.15, 0.2) is 0 Å². The quantitative estimate of drug-likeness (QED) is 0.633. The molecule has 0 bridgehead atoms. The lowest BCUT2D eigenvalue weighted by Crippen LogP contribution is -2.32. The third kappa shape index (κ3) is 7.89. The van der Waals surface area contributed by atoms with E-state index in [0.717, 1.165) is 0 Å². The highest BCUT2D eigenvalue weighted by Gasteiger charge is 2.30. The van der Waals surface area contributed by atoms with E-state index in [4.69, 9.17) is 0 Å². The molecule has 0 aromatic carbocycles. The molecule has 0 aromatic heterocycles. The van der Waals surface area contributed by atoms with Crippen molar-refractivity contribution in [1.82, 2.24) is 0 Å². The van der Waals surface area contributed by atoms with Crippen LogP contribution in [-0.2, 0) is 4.74 Å². The molecule has 0 aliphatic rings. The summed E-state index contributed by atoms with van der Waals surface area (Å²) in [6.45, 7) is 2.35. The molecule has 0 fully saturated rings. The van der Waals surface area contributed by atoms with Gasteiger partial charge in [-0.15, -0.1) is 0 Å². The largest absolute Gasteiger partial charge is 0.411 e. The first kappa shape index (κ1) is 17.7. The fourth-order valence-corrected chi connectivity index (χ4v) is 2.04. The summed E-state index contributed by atoms with van der Waals surface area (Å²) >= 11 is 0. The van der Waals surface area contributed by atoms with E-state index in [-0.39, 0.29) is 19.8 Å². The molecule has 0 heterocycles. The molecule has 0 unspecified atom stereocenters. The van der Waals surface area contributed by atoms with Gasteiger partial charge in [0.15, 0.2) is 0 Å². The fraction of sp³-hybridized carbons (Fsp3) is 1.00. The van der Waals surface area contributed by atoms with Crippen LogP contribution in [0.25, 0.3) is 0 Å². The molecule has 0 aromatic rings. The van der Waals surface area contributed by atoms with Crippen molar-refractivity contribution >= 4 is 0 Å². The van der Waals surface area contributed by atoms with Crippen molar-refractivity contribution in [2.75, 3.05) is 26.4 Å². The van der Waals surface area contributed by atoms with Gasteiger partial charge in [0, 0.05) is 12.0 Å². The average Bonchev–Trinajstić information content (AvgIpc) is 2.25. The molecule has 0 spiro atoms. The van der Waals surface area contributed by atoms with E-state index in [9.17, 15) is 23.4 Å². The van der Waals surface area contributed by atoms with E-state index in [1.165, 1.54) is 0 Å². The SMILES string of the molecule is CC(C)CC(CO)(CO)CCCOCC(F)(F)F. The van der Waals surface area contributed by atoms with E-state index < -0.39 is 18.2 Å². The Morgan fingerprint density at radius 2 is 1.67 bits per heavy atom. The predicted molar refractivity (Wildman–Crippen MR) is 62.2 cm³/mol. The van der Waals surface area contributed by atoms with Crippen molar-refractivity contribution in [3.8, 4) is 0 Å². The second-order valence-electron chi connectivity index (χ2n) is 5.19. The van der Waals surface area contributed by atoms with Gasteiger partial charge in [-0.2, -0.15) is 13.2 Å². The van der Waals surface area contributed by atoms with Crippen LogP contribution >= 0.6 is 0 Å². The first-order valence-electron chi connectivity index (χ1n) is 6.11. The number of aliphatic hydroxyl groups is 2. The molecule has 2 N–H and O–H groups in total. The van der Waals surface area contributed by atoms with Crippen LogP contribution < -0.4 is 0 Å². The smallest absolute Gasteiger partial charge is 0.396 e. The summed E-state index contributed by atoms with van der Waals surface area (Å²) in [5.41, 5.74) is -0.615. The maximum absolute atomic E-state index is 11.8. The van der Waals surface area contributed by atoms with Crippen LogP contribution in [0.1, 0.15) is 33.1 Å². The van der Waals surface area contributed by atoms with Crippen molar-refractivity contribution in [3.05, 3.63) is 0 Å². The van der Waals surface area contributed by atoms with Crippen LogP contribution in [0.2, 0.25) is 0 Å². The van der Waals surface area contributed by atoms with Crippen LogP contribution in [-0.4, -0.2) is 42.8 Å². The third-order valence-corrected chi connectivity index (χ3v) is 2.77. The number of hydrogen-bond donors (Lipinski definition) is 2. The van der Waals surface area contributed by atoms with Crippen molar-refractivity contribution in [3.63, 3.8) is 0 Å². The van der Waals surface area contributed by atoms with Gasteiger partial charge in [0.2, 0.25) is 0 Å². The molecule has 0 aliphatic heterocycles. The number of hydrogen-bond acceptors (Lipinski definition) is 3. The summed E-state index contributed by atoms with van der Waals surface area (Å²) in [5.74, 6) is 0.306. The topological polar surface area (TPSA) is 49.7 Å². The minimum absolute atomic E-state index is 0.0145. The second kappa shape index (κ2) is 7.96. The van der Waals surface area contributed by atoms with Crippen LogP contribution in [0, 0.1) is 11.3 Å². The molecule has 0 rings (SSSR count). The number of aliphatic hydroxyl groups excluding tert-OH is 2. The molecule has 110 valence electrons. The van der Waals surface area contributed by atoms with Gasteiger partial charge >= 0.3 is 6.18 Å². The second-order valence-corrected chi connectivity index (χ2v) is 5.19. The highest BCUT2D eigenvalue weighted by atomic mass is 19.4. The average molecular weight is 272 g/mol. The van der Waals surface area contributed by atoms with Gasteiger partial charge < -0.3 is 14.9 Å². The summed E-state index contributed by atoms with van der Waals surface area (Å²) in [4.78, 5) is 0. The summed E-state index contributed by atoms with van der Waals surface area (Å²) in [6, 6.07) is 0. The Hall–Kier alpha value is -0.330. The highest BCUT2D eigenvalue weighted by Crippen LogP contribution is 2.31. The summed E-state index contributed by atoms with van der Waals surface area (Å²) in [5, 5.41) is 18.7. The van der Waals surface area contributed by atoms with Gasteiger partial charge in [-0.3, -0.25) is 0 Å². The fourth-order valence-electron chi connectivity index (χ4n) is 2.04. The Morgan fingerprint density at radius 3 is 2.06 bits per heavy atom. The van der Waals surface area contributed by atoms with Gasteiger partial charge in [-0.25, -0.2) is 0 Å². The van der Waals surface area contributed by atoms with E-state index in [0.29, 0.717) is 25.2 Å². The lowest BCUT2D eigenvalue weighted by atomic mass is 9.78. The van der Waals surface area contributed by atoms with E-state index in [1.807, 2.05) is 13.8 Å². The van der Waals surface area contributed by atoms with Crippen LogP contribution in [0.5, 0.6) is 0 Å². The lowest BCUT2D eigenvalue weighted by Gasteiger charge is -2.31. The standard InChI is InChI=1S/C12H23F3O3/c1-10(2)6-11(7-16,8-17)4-3-5-18-9-12(13,14)15/h10,16-17H,3-9H2,1-2H3. The number of ether oxygens (including phenoxy) is 1. The van der Waals surface area contributed by atoms with Crippen molar-refractivity contribution in [2.45, 2.75) is 39.3 Å². The molecule has 0 atom stereocenters. The molecule has 0 saturated carbocycles. The van der Waals surface area contributed by atoms with Crippen LogP contribution in [0.4, 0.5) is 13.2 Å². The van der Waals surface area contributed by atoms with Gasteiger partial charge in [-0.1, -0.05) is 13.8 Å². The number of halogens is 3. The monoisotopic (exact) mass is 272 g/mol. The molecular weight excluding hydrogens is 249 g/mol. The first-order valence-corrected chi connectivity index (χ1v) is 6.11. The van der Waals surface area contributed by atoms with Gasteiger partial charge in [0.05, 0.1) is 13.2 Å². The van der Waals surface area contributed by atoms with E-state index in [2.05, 4.69) is 4.74 Å². The van der Waals surface area contributed by atoms with Gasteiger partial charge in [0.1, 0.15) is 6.61 Å². The molecule has 3 nitrogen and oxygen atoms in total. The Balaban J connectivity index is 3.98. The molecule has 0 aliphatic carbocycles. The maximum atomic E-state index is 11.8. The van der Waals surface area contributed by atoms with Crippen LogP contribution in [0.3, 0.4) is 0 Å². The molecule has 0 amide bonds.